The Labute approximate surface area is 120 Å². The van der Waals surface area contributed by atoms with E-state index in [2.05, 4.69) is 10.3 Å². The van der Waals surface area contributed by atoms with E-state index in [1.165, 1.54) is 11.1 Å². The fourth-order valence-corrected chi connectivity index (χ4v) is 2.57. The van der Waals surface area contributed by atoms with E-state index >= 15 is 0 Å². The molecule has 0 saturated heterocycles. The largest absolute Gasteiger partial charge is 0.480 e. The van der Waals surface area contributed by atoms with Crippen LogP contribution in [0.3, 0.4) is 0 Å². The van der Waals surface area contributed by atoms with E-state index in [-0.39, 0.29) is 12.3 Å². The van der Waals surface area contributed by atoms with Crippen LogP contribution >= 0.6 is 0 Å². The second-order valence-corrected chi connectivity index (χ2v) is 4.87. The molecular formula is C14H14N4O3. The third-order valence-electron chi connectivity index (χ3n) is 3.56. The van der Waals surface area contributed by atoms with Crippen molar-refractivity contribution in [1.29, 1.82) is 0 Å². The van der Waals surface area contributed by atoms with Crippen molar-refractivity contribution >= 4 is 17.6 Å². The SMILES string of the molecule is O=C(O)C1Cc2ccccc2N1C(=O)CCn1ccnn1. The average Bonchev–Trinajstić information content (AvgIpc) is 3.11. The van der Waals surface area contributed by atoms with Gasteiger partial charge in [-0.3, -0.25) is 14.4 Å². The van der Waals surface area contributed by atoms with Crippen LogP contribution in [0.1, 0.15) is 12.0 Å². The molecule has 1 N–H and O–H groups in total. The van der Waals surface area contributed by atoms with Crippen molar-refractivity contribution in [2.75, 3.05) is 4.90 Å². The zero-order valence-corrected chi connectivity index (χ0v) is 11.2. The van der Waals surface area contributed by atoms with E-state index in [0.717, 1.165) is 5.56 Å². The van der Waals surface area contributed by atoms with Gasteiger partial charge in [-0.05, 0) is 11.6 Å². The molecule has 7 nitrogen and oxygen atoms in total. The fraction of sp³-hybridized carbons (Fsp3) is 0.286. The molecule has 7 heteroatoms. The number of rotatable bonds is 4. The highest BCUT2D eigenvalue weighted by molar-refractivity contribution is 6.01. The predicted octanol–water partition coefficient (Wildman–Crippen LogP) is 0.711. The lowest BCUT2D eigenvalue weighted by Gasteiger charge is -2.22. The third kappa shape index (κ3) is 2.49. The van der Waals surface area contributed by atoms with E-state index in [0.29, 0.717) is 18.7 Å². The summed E-state index contributed by atoms with van der Waals surface area (Å²) in [6, 6.07) is 6.47. The highest BCUT2D eigenvalue weighted by Gasteiger charge is 2.37. The van der Waals surface area contributed by atoms with Crippen LogP contribution in [0.25, 0.3) is 0 Å². The Hall–Kier alpha value is -2.70. The average molecular weight is 286 g/mol. The number of carbonyl (C=O) groups excluding carboxylic acids is 1. The van der Waals surface area contributed by atoms with Crippen molar-refractivity contribution in [1.82, 2.24) is 15.0 Å². The van der Waals surface area contributed by atoms with Gasteiger partial charge in [0.1, 0.15) is 6.04 Å². The Morgan fingerprint density at radius 3 is 2.86 bits per heavy atom. The first-order valence-electron chi connectivity index (χ1n) is 6.63. The summed E-state index contributed by atoms with van der Waals surface area (Å²) in [5.41, 5.74) is 1.58. The molecule has 2 heterocycles. The summed E-state index contributed by atoms with van der Waals surface area (Å²) in [6.45, 7) is 0.379. The Morgan fingerprint density at radius 1 is 1.33 bits per heavy atom. The predicted molar refractivity (Wildman–Crippen MR) is 73.7 cm³/mol. The van der Waals surface area contributed by atoms with Crippen molar-refractivity contribution in [2.45, 2.75) is 25.4 Å². The minimum atomic E-state index is -0.986. The highest BCUT2D eigenvalue weighted by atomic mass is 16.4. The number of hydrogen-bond acceptors (Lipinski definition) is 4. The van der Waals surface area contributed by atoms with Gasteiger partial charge in [0.15, 0.2) is 0 Å². The molecule has 0 fully saturated rings. The first-order valence-corrected chi connectivity index (χ1v) is 6.63. The van der Waals surface area contributed by atoms with Gasteiger partial charge in [-0.15, -0.1) is 5.10 Å². The van der Waals surface area contributed by atoms with Crippen LogP contribution in [-0.2, 0) is 22.6 Å². The topological polar surface area (TPSA) is 88.3 Å². The molecule has 2 aromatic rings. The molecule has 1 unspecified atom stereocenters. The van der Waals surface area contributed by atoms with Crippen LogP contribution in [0, 0.1) is 0 Å². The number of aromatic nitrogens is 3. The molecular weight excluding hydrogens is 272 g/mol. The smallest absolute Gasteiger partial charge is 0.327 e. The normalized spacial score (nSPS) is 16.8. The maximum atomic E-state index is 12.4. The molecule has 0 bridgehead atoms. The fourth-order valence-electron chi connectivity index (χ4n) is 2.57. The third-order valence-corrected chi connectivity index (χ3v) is 3.56. The van der Waals surface area contributed by atoms with E-state index < -0.39 is 12.0 Å². The summed E-state index contributed by atoms with van der Waals surface area (Å²) < 4.78 is 1.55. The molecule has 21 heavy (non-hydrogen) atoms. The molecule has 0 spiro atoms. The number of anilines is 1. The Balaban J connectivity index is 1.80. The first kappa shape index (κ1) is 13.3. The second kappa shape index (κ2) is 5.35. The molecule has 0 aliphatic carbocycles. The van der Waals surface area contributed by atoms with E-state index in [4.69, 9.17) is 0 Å². The number of aryl methyl sites for hydroxylation is 1. The molecule has 3 rings (SSSR count). The van der Waals surface area contributed by atoms with E-state index in [1.807, 2.05) is 12.1 Å². The van der Waals surface area contributed by atoms with Crippen LogP contribution in [0.15, 0.2) is 36.7 Å². The number of amides is 1. The first-order chi connectivity index (χ1) is 10.2. The zero-order chi connectivity index (χ0) is 14.8. The molecule has 0 radical (unpaired) electrons. The number of fused-ring (bicyclic) bond motifs is 1. The molecule has 1 aromatic carbocycles. The summed E-state index contributed by atoms with van der Waals surface area (Å²) in [5.74, 6) is -1.21. The number of carboxylic acids is 1. The second-order valence-electron chi connectivity index (χ2n) is 4.87. The monoisotopic (exact) mass is 286 g/mol. The van der Waals surface area contributed by atoms with Crippen LogP contribution < -0.4 is 4.90 Å². The van der Waals surface area contributed by atoms with Gasteiger partial charge in [-0.25, -0.2) is 4.79 Å². The maximum absolute atomic E-state index is 12.4. The van der Waals surface area contributed by atoms with Crippen molar-refractivity contribution in [3.63, 3.8) is 0 Å². The van der Waals surface area contributed by atoms with Crippen molar-refractivity contribution in [3.05, 3.63) is 42.2 Å². The lowest BCUT2D eigenvalue weighted by Crippen LogP contribution is -2.43. The van der Waals surface area contributed by atoms with Gasteiger partial charge >= 0.3 is 5.97 Å². The number of carbonyl (C=O) groups is 2. The van der Waals surface area contributed by atoms with Gasteiger partial charge in [0.05, 0.1) is 12.7 Å². The zero-order valence-electron chi connectivity index (χ0n) is 11.2. The molecule has 1 amide bonds. The molecule has 1 atom stereocenters. The number of aliphatic carboxylic acids is 1. The Morgan fingerprint density at radius 2 is 2.14 bits per heavy atom. The molecule has 1 aliphatic rings. The number of nitrogens with zero attached hydrogens (tertiary/aromatic N) is 4. The lowest BCUT2D eigenvalue weighted by molar-refractivity contribution is -0.139. The summed E-state index contributed by atoms with van der Waals surface area (Å²) in [7, 11) is 0. The van der Waals surface area contributed by atoms with Gasteiger partial charge in [0, 0.05) is 24.7 Å². The summed E-state index contributed by atoms with van der Waals surface area (Å²) in [5, 5.41) is 16.8. The highest BCUT2D eigenvalue weighted by Crippen LogP contribution is 2.32. The molecule has 1 aliphatic heterocycles. The molecule has 0 saturated carbocycles. The van der Waals surface area contributed by atoms with Gasteiger partial charge < -0.3 is 5.11 Å². The van der Waals surface area contributed by atoms with Crippen molar-refractivity contribution < 1.29 is 14.7 Å². The lowest BCUT2D eigenvalue weighted by atomic mass is 10.1. The number of hydrogen-bond donors (Lipinski definition) is 1. The standard InChI is InChI=1S/C14H14N4O3/c19-13(5-7-17-8-6-15-16-17)18-11-4-2-1-3-10(11)9-12(18)14(20)21/h1-4,6,8,12H,5,7,9H2,(H,20,21). The van der Waals surface area contributed by atoms with Crippen LogP contribution in [-0.4, -0.2) is 38.0 Å². The summed E-state index contributed by atoms with van der Waals surface area (Å²) >= 11 is 0. The number of benzene rings is 1. The van der Waals surface area contributed by atoms with Gasteiger partial charge in [-0.1, -0.05) is 23.4 Å². The minimum absolute atomic E-state index is 0.182. The Bertz CT molecular complexity index is 669. The van der Waals surface area contributed by atoms with Gasteiger partial charge in [-0.2, -0.15) is 0 Å². The van der Waals surface area contributed by atoms with Crippen LogP contribution in [0.4, 0.5) is 5.69 Å². The van der Waals surface area contributed by atoms with E-state index in [1.54, 1.807) is 23.0 Å². The molecule has 1 aromatic heterocycles. The van der Waals surface area contributed by atoms with Crippen LogP contribution in [0.5, 0.6) is 0 Å². The van der Waals surface area contributed by atoms with E-state index in [9.17, 15) is 14.7 Å². The Kier molecular flexibility index (Phi) is 3.39. The van der Waals surface area contributed by atoms with Crippen molar-refractivity contribution in [3.8, 4) is 0 Å². The number of para-hydroxylation sites is 1. The summed E-state index contributed by atoms with van der Waals surface area (Å²) in [4.78, 5) is 25.2. The number of carboxylic acid groups (broad SMARTS) is 1. The minimum Gasteiger partial charge on any atom is -0.480 e. The van der Waals surface area contributed by atoms with Gasteiger partial charge in [0.25, 0.3) is 0 Å². The maximum Gasteiger partial charge on any atom is 0.327 e. The quantitative estimate of drug-likeness (QED) is 0.894. The molecule has 108 valence electrons. The van der Waals surface area contributed by atoms with Gasteiger partial charge in [0.2, 0.25) is 5.91 Å². The summed E-state index contributed by atoms with van der Waals surface area (Å²) in [6.07, 6.45) is 3.73. The van der Waals surface area contributed by atoms with Crippen molar-refractivity contribution in [2.24, 2.45) is 0 Å². The van der Waals surface area contributed by atoms with Crippen LogP contribution in [0.2, 0.25) is 0 Å².